The lowest BCUT2D eigenvalue weighted by atomic mass is 10.2. The van der Waals surface area contributed by atoms with Crippen molar-refractivity contribution in [3.05, 3.63) is 83.9 Å². The standard InChI is InChI=1S/C33H28N12O9S5.2H2/c1-17-13-19(3-7-23(17)42-44-32-37-25-15-21(58(49,50)51)5-9-27(25)55-32)35-30-39-29(34-11-12-57(46,47)48)40-31(41-30)36-20-4-8-24(18(2)14-20)43-45-33-38-26-16-22(59(52,53)54)6-10-28(26)56-33;;/h3-10,13-16H,11-12H2,1-2H3,(H,46,47,48)(H,49,50,51)(H,52,53,54)(H3,34,35,36,39,40,41);2*1H. The first kappa shape index (κ1) is 41.2. The Balaban J connectivity index is 0.00000352. The summed E-state index contributed by atoms with van der Waals surface area (Å²) in [5.74, 6) is -0.450. The highest BCUT2D eigenvalue weighted by Gasteiger charge is 2.15. The fourth-order valence-electron chi connectivity index (χ4n) is 5.20. The summed E-state index contributed by atoms with van der Waals surface area (Å²) in [5, 5.41) is 26.4. The van der Waals surface area contributed by atoms with E-state index in [1.54, 1.807) is 50.2 Å². The molecule has 0 aliphatic rings. The van der Waals surface area contributed by atoms with Gasteiger partial charge in [-0.05, 0) is 97.8 Å². The maximum absolute atomic E-state index is 11.5. The zero-order chi connectivity index (χ0) is 42.1. The number of rotatable bonds is 14. The Morgan fingerprint density at radius 1 is 0.576 bits per heavy atom. The molecule has 0 aliphatic carbocycles. The van der Waals surface area contributed by atoms with Crippen molar-refractivity contribution in [1.82, 2.24) is 24.9 Å². The molecule has 21 nitrogen and oxygen atoms in total. The molecule has 0 fully saturated rings. The predicted octanol–water partition coefficient (Wildman–Crippen LogP) is 8.31. The third-order valence-electron chi connectivity index (χ3n) is 7.96. The molecule has 0 unspecified atom stereocenters. The van der Waals surface area contributed by atoms with Crippen molar-refractivity contribution in [1.29, 1.82) is 0 Å². The second kappa shape index (κ2) is 16.3. The van der Waals surface area contributed by atoms with Crippen LogP contribution >= 0.6 is 22.7 Å². The maximum Gasteiger partial charge on any atom is 0.294 e. The molecule has 0 aliphatic heterocycles. The van der Waals surface area contributed by atoms with Gasteiger partial charge in [0.15, 0.2) is 0 Å². The van der Waals surface area contributed by atoms with Crippen LogP contribution in [0.15, 0.2) is 103 Å². The third kappa shape index (κ3) is 10.6. The van der Waals surface area contributed by atoms with Crippen LogP contribution < -0.4 is 16.0 Å². The van der Waals surface area contributed by atoms with E-state index in [9.17, 15) is 38.9 Å². The van der Waals surface area contributed by atoms with Crippen LogP contribution in [0.3, 0.4) is 0 Å². The molecule has 308 valence electrons. The summed E-state index contributed by atoms with van der Waals surface area (Å²) in [7, 11) is -13.0. The van der Waals surface area contributed by atoms with E-state index in [1.165, 1.54) is 59.1 Å². The predicted molar refractivity (Wildman–Crippen MR) is 225 cm³/mol. The van der Waals surface area contributed by atoms with Gasteiger partial charge in [-0.15, -0.1) is 20.5 Å². The molecule has 3 aromatic heterocycles. The molecule has 0 saturated carbocycles. The molecule has 0 atom stereocenters. The van der Waals surface area contributed by atoms with E-state index in [1.807, 2.05) is 0 Å². The van der Waals surface area contributed by atoms with Gasteiger partial charge >= 0.3 is 0 Å². The van der Waals surface area contributed by atoms with Crippen LogP contribution in [0.5, 0.6) is 0 Å². The first-order valence-corrected chi connectivity index (χ1v) is 22.8. The Morgan fingerprint density at radius 2 is 1.02 bits per heavy atom. The molecule has 0 amide bonds. The van der Waals surface area contributed by atoms with Gasteiger partial charge in [-0.2, -0.15) is 40.2 Å². The van der Waals surface area contributed by atoms with Crippen LogP contribution in [0, 0.1) is 13.8 Å². The number of nitrogens with zero attached hydrogens (tertiary/aromatic N) is 9. The average molecular weight is 901 g/mol. The smallest absolute Gasteiger partial charge is 0.294 e. The van der Waals surface area contributed by atoms with Crippen molar-refractivity contribution in [2.24, 2.45) is 20.5 Å². The summed E-state index contributed by atoms with van der Waals surface area (Å²) in [6, 6.07) is 18.4. The molecule has 0 radical (unpaired) electrons. The molecule has 59 heavy (non-hydrogen) atoms. The number of nitrogens with one attached hydrogen (secondary N) is 3. The Morgan fingerprint density at radius 3 is 1.42 bits per heavy atom. The summed E-state index contributed by atoms with van der Waals surface area (Å²) >= 11 is 2.38. The van der Waals surface area contributed by atoms with E-state index in [2.05, 4.69) is 61.3 Å². The van der Waals surface area contributed by atoms with Crippen LogP contribution in [0.4, 0.5) is 50.9 Å². The van der Waals surface area contributed by atoms with E-state index < -0.39 is 36.1 Å². The van der Waals surface area contributed by atoms with E-state index in [0.717, 1.165) is 0 Å². The van der Waals surface area contributed by atoms with Gasteiger partial charge in [-0.3, -0.25) is 13.7 Å². The SMILES string of the molecule is Cc1cc(Nc2nc(NCCS(=O)(=O)O)nc(Nc3ccc(N=Nc4nc5cc(S(=O)(=O)O)ccc5s4)c(C)c3)n2)ccc1N=Nc1nc2cc(S(=O)(=O)O)ccc2s1.[HH].[HH]. The Kier molecular flexibility index (Phi) is 11.4. The van der Waals surface area contributed by atoms with Gasteiger partial charge in [0.1, 0.15) is 0 Å². The van der Waals surface area contributed by atoms with Crippen LogP contribution in [-0.4, -0.2) is 76.1 Å². The van der Waals surface area contributed by atoms with Crippen LogP contribution in [0.25, 0.3) is 20.4 Å². The second-order valence-electron chi connectivity index (χ2n) is 12.4. The molecule has 4 aromatic carbocycles. The monoisotopic (exact) mass is 900 g/mol. The largest absolute Gasteiger partial charge is 0.353 e. The number of benzene rings is 4. The summed E-state index contributed by atoms with van der Waals surface area (Å²) in [6.45, 7) is 3.39. The topological polar surface area (TPSA) is 313 Å². The molecule has 26 heteroatoms. The van der Waals surface area contributed by atoms with Crippen LogP contribution in [0.2, 0.25) is 0 Å². The number of aromatic nitrogens is 5. The quantitative estimate of drug-likeness (QED) is 0.0441. The molecule has 3 heterocycles. The van der Waals surface area contributed by atoms with Gasteiger partial charge in [-0.25, -0.2) is 9.97 Å². The van der Waals surface area contributed by atoms with Crippen LogP contribution in [0.1, 0.15) is 14.0 Å². The minimum atomic E-state index is -4.39. The lowest BCUT2D eigenvalue weighted by molar-refractivity contribution is 0.481. The molecule has 7 rings (SSSR count). The summed E-state index contributed by atoms with van der Waals surface area (Å²) in [4.78, 5) is 21.2. The number of thiazole rings is 2. The number of azo groups is 2. The van der Waals surface area contributed by atoms with Crippen molar-refractivity contribution in [3.8, 4) is 0 Å². The van der Waals surface area contributed by atoms with E-state index in [0.29, 0.717) is 54.3 Å². The Hall–Kier alpha value is -6.00. The molecule has 0 bridgehead atoms. The second-order valence-corrected chi connectivity index (χ2v) is 18.8. The fraction of sp³-hybridized carbons (Fsp3) is 0.121. The molecule has 0 saturated heterocycles. The maximum atomic E-state index is 11.5. The fourth-order valence-corrected chi connectivity index (χ4v) is 8.09. The van der Waals surface area contributed by atoms with Crippen molar-refractivity contribution in [2.75, 3.05) is 28.2 Å². The molecule has 7 aromatic rings. The molecular formula is C33H32N12O9S5. The highest BCUT2D eigenvalue weighted by atomic mass is 32.2. The Labute approximate surface area is 345 Å². The number of aryl methyl sites for hydroxylation is 2. The highest BCUT2D eigenvalue weighted by Crippen LogP contribution is 2.34. The third-order valence-corrected chi connectivity index (χ3v) is 12.2. The minimum absolute atomic E-state index is 0. The number of fused-ring (bicyclic) bond motifs is 2. The van der Waals surface area contributed by atoms with Crippen molar-refractivity contribution in [2.45, 2.75) is 23.6 Å². The number of anilines is 5. The molecule has 0 spiro atoms. The van der Waals surface area contributed by atoms with Gasteiger partial charge < -0.3 is 16.0 Å². The number of hydrogen-bond donors (Lipinski definition) is 6. The van der Waals surface area contributed by atoms with Crippen molar-refractivity contribution in [3.63, 3.8) is 0 Å². The first-order chi connectivity index (χ1) is 27.8. The van der Waals surface area contributed by atoms with E-state index in [-0.39, 0.29) is 47.3 Å². The lowest BCUT2D eigenvalue weighted by Gasteiger charge is -2.12. The van der Waals surface area contributed by atoms with Gasteiger partial charge in [0.2, 0.25) is 28.1 Å². The van der Waals surface area contributed by atoms with E-state index >= 15 is 0 Å². The summed E-state index contributed by atoms with van der Waals surface area (Å²) in [5.41, 5.74) is 4.21. The van der Waals surface area contributed by atoms with Gasteiger partial charge in [0, 0.05) is 20.8 Å². The van der Waals surface area contributed by atoms with Crippen molar-refractivity contribution >= 4 is 124 Å². The van der Waals surface area contributed by atoms with Gasteiger partial charge in [0.25, 0.3) is 30.4 Å². The number of hydrogen-bond acceptors (Lipinski definition) is 20. The summed E-state index contributed by atoms with van der Waals surface area (Å²) in [6.07, 6.45) is 0. The zero-order valence-corrected chi connectivity index (χ0v) is 34.3. The first-order valence-electron chi connectivity index (χ1n) is 16.6. The zero-order valence-electron chi connectivity index (χ0n) is 30.2. The molecule has 6 N–H and O–H groups in total. The molecular weight excluding hydrogens is 869 g/mol. The normalized spacial score (nSPS) is 12.6. The van der Waals surface area contributed by atoms with Gasteiger partial charge in [0.05, 0.1) is 47.4 Å². The lowest BCUT2D eigenvalue weighted by Crippen LogP contribution is -2.17. The summed E-state index contributed by atoms with van der Waals surface area (Å²) < 4.78 is 97.8. The van der Waals surface area contributed by atoms with E-state index in [4.69, 9.17) is 0 Å². The van der Waals surface area contributed by atoms with Gasteiger partial charge in [-0.1, -0.05) is 22.7 Å². The van der Waals surface area contributed by atoms with Crippen molar-refractivity contribution < 1.29 is 41.8 Å². The Bertz CT molecular complexity index is 3000. The highest BCUT2D eigenvalue weighted by molar-refractivity contribution is 7.86. The van der Waals surface area contributed by atoms with Crippen LogP contribution in [-0.2, 0) is 30.4 Å². The minimum Gasteiger partial charge on any atom is -0.353 e. The average Bonchev–Trinajstić information content (AvgIpc) is 3.76.